The van der Waals surface area contributed by atoms with E-state index in [1.807, 2.05) is 6.07 Å². The van der Waals surface area contributed by atoms with Crippen LogP contribution in [-0.4, -0.2) is 19.0 Å². The molecule has 0 bridgehead atoms. The zero-order chi connectivity index (χ0) is 10.2. The fraction of sp³-hybridized carbons (Fsp3) is 0.125. The summed E-state index contributed by atoms with van der Waals surface area (Å²) in [6.45, 7) is 0. The molecular formula is C8H8N2O2S2. The van der Waals surface area contributed by atoms with Crippen LogP contribution in [-0.2, 0) is 10.0 Å². The molecule has 1 N–H and O–H groups in total. The number of rotatable bonds is 2. The Morgan fingerprint density at radius 2 is 2.21 bits per heavy atom. The van der Waals surface area contributed by atoms with Crippen molar-refractivity contribution in [3.05, 3.63) is 24.4 Å². The highest BCUT2D eigenvalue weighted by molar-refractivity contribution is 7.92. The largest absolute Gasteiger partial charge is 0.284 e. The predicted octanol–water partition coefficient (Wildman–Crippen LogP) is 1.67. The van der Waals surface area contributed by atoms with Crippen molar-refractivity contribution in [2.45, 2.75) is 0 Å². The Bertz CT molecular complexity index is 559. The summed E-state index contributed by atoms with van der Waals surface area (Å²) in [5, 5.41) is 0.948. The van der Waals surface area contributed by atoms with Crippen LogP contribution in [0, 0.1) is 0 Å². The van der Waals surface area contributed by atoms with Gasteiger partial charge in [-0.2, -0.15) is 4.37 Å². The average Bonchev–Trinajstić information content (AvgIpc) is 2.47. The van der Waals surface area contributed by atoms with Crippen LogP contribution in [0.2, 0.25) is 0 Å². The Kier molecular flexibility index (Phi) is 2.16. The van der Waals surface area contributed by atoms with E-state index in [1.165, 1.54) is 11.5 Å². The van der Waals surface area contributed by atoms with E-state index in [1.54, 1.807) is 18.3 Å². The fourth-order valence-electron chi connectivity index (χ4n) is 1.15. The van der Waals surface area contributed by atoms with Gasteiger partial charge in [-0.05, 0) is 29.7 Å². The molecule has 4 nitrogen and oxygen atoms in total. The first-order valence-corrected chi connectivity index (χ1v) is 6.53. The highest BCUT2D eigenvalue weighted by atomic mass is 32.2. The van der Waals surface area contributed by atoms with Crippen molar-refractivity contribution < 1.29 is 8.42 Å². The van der Waals surface area contributed by atoms with Gasteiger partial charge in [-0.1, -0.05) is 0 Å². The Morgan fingerprint density at radius 1 is 1.43 bits per heavy atom. The van der Waals surface area contributed by atoms with Crippen LogP contribution in [0.4, 0.5) is 5.69 Å². The molecule has 0 atom stereocenters. The fourth-order valence-corrected chi connectivity index (χ4v) is 2.33. The van der Waals surface area contributed by atoms with Gasteiger partial charge >= 0.3 is 0 Å². The number of aromatic nitrogens is 1. The van der Waals surface area contributed by atoms with Gasteiger partial charge in [0.1, 0.15) is 0 Å². The molecule has 0 radical (unpaired) electrons. The monoisotopic (exact) mass is 228 g/mol. The van der Waals surface area contributed by atoms with Gasteiger partial charge in [0.2, 0.25) is 10.0 Å². The molecule has 0 unspecified atom stereocenters. The molecule has 0 fully saturated rings. The van der Waals surface area contributed by atoms with Crippen LogP contribution >= 0.6 is 11.5 Å². The lowest BCUT2D eigenvalue weighted by Crippen LogP contribution is -2.09. The minimum Gasteiger partial charge on any atom is -0.284 e. The Morgan fingerprint density at radius 3 is 2.93 bits per heavy atom. The van der Waals surface area contributed by atoms with Crippen molar-refractivity contribution in [1.82, 2.24) is 4.37 Å². The lowest BCUT2D eigenvalue weighted by atomic mass is 10.2. The molecule has 0 aliphatic heterocycles. The first-order chi connectivity index (χ1) is 6.54. The van der Waals surface area contributed by atoms with Gasteiger partial charge in [0, 0.05) is 17.3 Å². The molecule has 0 saturated carbocycles. The van der Waals surface area contributed by atoms with Crippen LogP contribution in [0.15, 0.2) is 24.4 Å². The number of nitrogens with zero attached hydrogens (tertiary/aromatic N) is 1. The molecule has 74 valence electrons. The smallest absolute Gasteiger partial charge is 0.229 e. The second-order valence-corrected chi connectivity index (χ2v) is 5.53. The quantitative estimate of drug-likeness (QED) is 0.850. The van der Waals surface area contributed by atoms with Crippen LogP contribution < -0.4 is 4.72 Å². The molecule has 14 heavy (non-hydrogen) atoms. The number of benzene rings is 1. The topological polar surface area (TPSA) is 59.1 Å². The SMILES string of the molecule is CS(=O)(=O)Nc1ccc2sncc2c1. The van der Waals surface area contributed by atoms with Gasteiger partial charge in [0.15, 0.2) is 0 Å². The van der Waals surface area contributed by atoms with E-state index in [-0.39, 0.29) is 0 Å². The van der Waals surface area contributed by atoms with Gasteiger partial charge in [-0.3, -0.25) is 4.72 Å². The minimum absolute atomic E-state index is 0.570. The van der Waals surface area contributed by atoms with Gasteiger partial charge < -0.3 is 0 Å². The number of sulfonamides is 1. The van der Waals surface area contributed by atoms with Crippen molar-refractivity contribution >= 4 is 37.3 Å². The molecule has 1 heterocycles. The molecular weight excluding hydrogens is 220 g/mol. The summed E-state index contributed by atoms with van der Waals surface area (Å²) >= 11 is 1.39. The number of anilines is 1. The van der Waals surface area contributed by atoms with E-state index < -0.39 is 10.0 Å². The van der Waals surface area contributed by atoms with E-state index >= 15 is 0 Å². The third kappa shape index (κ3) is 2.02. The first kappa shape index (κ1) is 9.42. The summed E-state index contributed by atoms with van der Waals surface area (Å²) in [5.74, 6) is 0. The second-order valence-electron chi connectivity index (χ2n) is 2.95. The summed E-state index contributed by atoms with van der Waals surface area (Å²) in [6, 6.07) is 5.34. The Balaban J connectivity index is 2.44. The van der Waals surface area contributed by atoms with Crippen molar-refractivity contribution in [3.8, 4) is 0 Å². The molecule has 6 heteroatoms. The van der Waals surface area contributed by atoms with Crippen LogP contribution in [0.1, 0.15) is 0 Å². The molecule has 2 rings (SSSR count). The lowest BCUT2D eigenvalue weighted by molar-refractivity contribution is 0.607. The summed E-state index contributed by atoms with van der Waals surface area (Å²) in [7, 11) is -3.20. The summed E-state index contributed by atoms with van der Waals surface area (Å²) < 4.78 is 29.4. The molecule has 1 aromatic carbocycles. The van der Waals surface area contributed by atoms with Crippen LogP contribution in [0.5, 0.6) is 0 Å². The minimum atomic E-state index is -3.20. The molecule has 1 aromatic heterocycles. The number of nitrogens with one attached hydrogen (secondary N) is 1. The van der Waals surface area contributed by atoms with Crippen molar-refractivity contribution in [1.29, 1.82) is 0 Å². The zero-order valence-electron chi connectivity index (χ0n) is 7.39. The van der Waals surface area contributed by atoms with Gasteiger partial charge in [0.25, 0.3) is 0 Å². The normalized spacial score (nSPS) is 11.8. The molecule has 0 saturated heterocycles. The summed E-state index contributed by atoms with van der Waals surface area (Å²) in [5.41, 5.74) is 0.570. The number of hydrogen-bond acceptors (Lipinski definition) is 4. The molecule has 0 aliphatic rings. The van der Waals surface area contributed by atoms with E-state index in [2.05, 4.69) is 9.10 Å². The highest BCUT2D eigenvalue weighted by Gasteiger charge is 2.03. The van der Waals surface area contributed by atoms with E-state index in [9.17, 15) is 8.42 Å². The maximum atomic E-state index is 11.0. The Labute approximate surface area is 85.8 Å². The molecule has 0 aliphatic carbocycles. The summed E-state index contributed by atoms with van der Waals surface area (Å²) in [4.78, 5) is 0. The highest BCUT2D eigenvalue weighted by Crippen LogP contribution is 2.22. The van der Waals surface area contributed by atoms with E-state index in [0.29, 0.717) is 5.69 Å². The predicted molar refractivity (Wildman–Crippen MR) is 58.1 cm³/mol. The third-order valence-corrected chi connectivity index (χ3v) is 3.04. The molecule has 2 aromatic rings. The van der Waals surface area contributed by atoms with Crippen molar-refractivity contribution in [2.75, 3.05) is 11.0 Å². The average molecular weight is 228 g/mol. The standard InChI is InChI=1S/C8H8N2O2S2/c1-14(11,12)10-7-2-3-8-6(4-7)5-9-13-8/h2-5,10H,1H3. The number of hydrogen-bond donors (Lipinski definition) is 1. The molecule has 0 amide bonds. The van der Waals surface area contributed by atoms with Gasteiger partial charge in [-0.15, -0.1) is 0 Å². The second kappa shape index (κ2) is 3.21. The zero-order valence-corrected chi connectivity index (χ0v) is 9.02. The van der Waals surface area contributed by atoms with Gasteiger partial charge in [0.05, 0.1) is 11.0 Å². The lowest BCUT2D eigenvalue weighted by Gasteiger charge is -2.02. The number of fused-ring (bicyclic) bond motifs is 1. The van der Waals surface area contributed by atoms with Crippen LogP contribution in [0.3, 0.4) is 0 Å². The summed E-state index contributed by atoms with van der Waals surface area (Å²) in [6.07, 6.45) is 2.84. The maximum absolute atomic E-state index is 11.0. The third-order valence-electron chi connectivity index (χ3n) is 1.66. The maximum Gasteiger partial charge on any atom is 0.229 e. The first-order valence-electron chi connectivity index (χ1n) is 3.87. The van der Waals surface area contributed by atoms with Crippen molar-refractivity contribution in [3.63, 3.8) is 0 Å². The van der Waals surface area contributed by atoms with E-state index in [0.717, 1.165) is 16.3 Å². The van der Waals surface area contributed by atoms with Crippen LogP contribution in [0.25, 0.3) is 10.1 Å². The Hall–Kier alpha value is -1.14. The van der Waals surface area contributed by atoms with Crippen molar-refractivity contribution in [2.24, 2.45) is 0 Å². The van der Waals surface area contributed by atoms with Gasteiger partial charge in [-0.25, -0.2) is 8.42 Å². The molecule has 0 spiro atoms. The van der Waals surface area contributed by atoms with E-state index in [4.69, 9.17) is 0 Å².